The first-order valence-corrected chi connectivity index (χ1v) is 6.22. The molecule has 0 aliphatic heterocycles. The van der Waals surface area contributed by atoms with E-state index in [0.29, 0.717) is 24.4 Å². The van der Waals surface area contributed by atoms with E-state index in [-0.39, 0.29) is 11.7 Å². The number of rotatable bonds is 6. The van der Waals surface area contributed by atoms with Crippen molar-refractivity contribution in [2.24, 2.45) is 5.92 Å². The van der Waals surface area contributed by atoms with Gasteiger partial charge in [0.25, 0.3) is 0 Å². The molecular formula is C14H20FNO3. The Morgan fingerprint density at radius 1 is 1.47 bits per heavy atom. The van der Waals surface area contributed by atoms with E-state index in [1.165, 1.54) is 19.2 Å². The average Bonchev–Trinajstić information content (AvgIpc) is 2.37. The van der Waals surface area contributed by atoms with Gasteiger partial charge in [0.1, 0.15) is 6.04 Å². The third kappa shape index (κ3) is 4.87. The van der Waals surface area contributed by atoms with Crippen molar-refractivity contribution in [1.29, 1.82) is 0 Å². The number of carbonyl (C=O) groups excluding carboxylic acids is 1. The summed E-state index contributed by atoms with van der Waals surface area (Å²) in [4.78, 5) is 11.6. The number of ether oxygens (including phenoxy) is 1. The Balaban J connectivity index is 2.64. The Hall–Kier alpha value is -1.62. The Morgan fingerprint density at radius 3 is 2.68 bits per heavy atom. The maximum atomic E-state index is 13.2. The van der Waals surface area contributed by atoms with Gasteiger partial charge in [-0.05, 0) is 30.0 Å². The Labute approximate surface area is 112 Å². The molecule has 0 bridgehead atoms. The molecule has 0 amide bonds. The van der Waals surface area contributed by atoms with Crippen molar-refractivity contribution in [3.63, 3.8) is 0 Å². The summed E-state index contributed by atoms with van der Waals surface area (Å²) in [6.45, 7) is 4.36. The van der Waals surface area contributed by atoms with Crippen LogP contribution in [-0.2, 0) is 16.1 Å². The zero-order chi connectivity index (χ0) is 14.4. The number of esters is 1. The van der Waals surface area contributed by atoms with E-state index in [2.05, 4.69) is 5.32 Å². The molecule has 2 N–H and O–H groups in total. The van der Waals surface area contributed by atoms with Crippen molar-refractivity contribution in [2.75, 3.05) is 7.11 Å². The van der Waals surface area contributed by atoms with Crippen LogP contribution >= 0.6 is 0 Å². The Bertz CT molecular complexity index is 435. The van der Waals surface area contributed by atoms with Gasteiger partial charge in [0.2, 0.25) is 0 Å². The van der Waals surface area contributed by atoms with Crippen molar-refractivity contribution in [3.05, 3.63) is 29.6 Å². The van der Waals surface area contributed by atoms with E-state index in [4.69, 9.17) is 9.84 Å². The number of halogens is 1. The van der Waals surface area contributed by atoms with E-state index >= 15 is 0 Å². The average molecular weight is 269 g/mol. The molecule has 0 saturated carbocycles. The van der Waals surface area contributed by atoms with Crippen LogP contribution in [0.2, 0.25) is 0 Å². The molecule has 0 aliphatic rings. The summed E-state index contributed by atoms with van der Waals surface area (Å²) in [5.74, 6) is -1.03. The van der Waals surface area contributed by atoms with E-state index in [9.17, 15) is 9.18 Å². The molecule has 0 aromatic heterocycles. The molecule has 1 aromatic rings. The summed E-state index contributed by atoms with van der Waals surface area (Å²) in [5.41, 5.74) is 0.660. The second-order valence-corrected chi connectivity index (χ2v) is 4.87. The quantitative estimate of drug-likeness (QED) is 0.777. The lowest BCUT2D eigenvalue weighted by atomic mass is 10.0. The number of nitrogens with one attached hydrogen (secondary N) is 1. The van der Waals surface area contributed by atoms with Crippen molar-refractivity contribution >= 4 is 5.97 Å². The largest absolute Gasteiger partial charge is 0.505 e. The summed E-state index contributed by atoms with van der Waals surface area (Å²) in [5, 5.41) is 12.1. The standard InChI is InChI=1S/C14H20FNO3/c1-9(2)6-12(14(18)19-3)16-8-10-4-5-13(17)11(15)7-10/h4-5,7,9,12,16-17H,6,8H2,1-3H3. The van der Waals surface area contributed by atoms with Gasteiger partial charge in [-0.25, -0.2) is 4.39 Å². The van der Waals surface area contributed by atoms with E-state index in [0.717, 1.165) is 0 Å². The van der Waals surface area contributed by atoms with Crippen LogP contribution in [0.25, 0.3) is 0 Å². The van der Waals surface area contributed by atoms with Gasteiger partial charge in [0, 0.05) is 6.54 Å². The van der Waals surface area contributed by atoms with Crippen LogP contribution in [0.4, 0.5) is 4.39 Å². The first kappa shape index (κ1) is 15.4. The molecule has 1 unspecified atom stereocenters. The van der Waals surface area contributed by atoms with Crippen LogP contribution in [0.5, 0.6) is 5.75 Å². The van der Waals surface area contributed by atoms with Crippen molar-refractivity contribution in [1.82, 2.24) is 5.32 Å². The fourth-order valence-corrected chi connectivity index (χ4v) is 1.78. The normalized spacial score (nSPS) is 12.5. The fourth-order valence-electron chi connectivity index (χ4n) is 1.78. The molecule has 0 fully saturated rings. The van der Waals surface area contributed by atoms with E-state index < -0.39 is 11.9 Å². The monoisotopic (exact) mass is 269 g/mol. The van der Waals surface area contributed by atoms with Crippen LogP contribution in [-0.4, -0.2) is 24.2 Å². The zero-order valence-corrected chi connectivity index (χ0v) is 11.4. The number of carbonyl (C=O) groups is 1. The summed E-state index contributed by atoms with van der Waals surface area (Å²) in [6, 6.07) is 3.73. The van der Waals surface area contributed by atoms with Crippen LogP contribution in [0.1, 0.15) is 25.8 Å². The van der Waals surface area contributed by atoms with Crippen LogP contribution in [0.3, 0.4) is 0 Å². The SMILES string of the molecule is COC(=O)C(CC(C)C)NCc1ccc(O)c(F)c1. The summed E-state index contributed by atoms with van der Waals surface area (Å²) in [6.07, 6.45) is 0.646. The topological polar surface area (TPSA) is 58.6 Å². The minimum Gasteiger partial charge on any atom is -0.505 e. The maximum absolute atomic E-state index is 13.2. The highest BCUT2D eigenvalue weighted by Crippen LogP contribution is 2.16. The number of methoxy groups -OCH3 is 1. The van der Waals surface area contributed by atoms with Gasteiger partial charge in [0.15, 0.2) is 11.6 Å². The highest BCUT2D eigenvalue weighted by molar-refractivity contribution is 5.75. The van der Waals surface area contributed by atoms with Crippen molar-refractivity contribution < 1.29 is 19.0 Å². The van der Waals surface area contributed by atoms with E-state index in [1.54, 1.807) is 6.07 Å². The Morgan fingerprint density at radius 2 is 2.16 bits per heavy atom. The van der Waals surface area contributed by atoms with Gasteiger partial charge >= 0.3 is 5.97 Å². The number of benzene rings is 1. The van der Waals surface area contributed by atoms with Crippen LogP contribution < -0.4 is 5.32 Å². The lowest BCUT2D eigenvalue weighted by Crippen LogP contribution is -2.38. The number of hydrogen-bond acceptors (Lipinski definition) is 4. The summed E-state index contributed by atoms with van der Waals surface area (Å²) in [7, 11) is 1.34. The van der Waals surface area contributed by atoms with Gasteiger partial charge < -0.3 is 15.2 Å². The fraction of sp³-hybridized carbons (Fsp3) is 0.500. The highest BCUT2D eigenvalue weighted by Gasteiger charge is 2.19. The van der Waals surface area contributed by atoms with Gasteiger partial charge in [-0.2, -0.15) is 0 Å². The minimum atomic E-state index is -0.669. The molecule has 19 heavy (non-hydrogen) atoms. The first-order chi connectivity index (χ1) is 8.93. The summed E-state index contributed by atoms with van der Waals surface area (Å²) >= 11 is 0. The third-order valence-electron chi connectivity index (χ3n) is 2.76. The van der Waals surface area contributed by atoms with Crippen molar-refractivity contribution in [3.8, 4) is 5.75 Å². The second kappa shape index (κ2) is 7.09. The minimum absolute atomic E-state index is 0.326. The summed E-state index contributed by atoms with van der Waals surface area (Å²) < 4.78 is 17.9. The third-order valence-corrected chi connectivity index (χ3v) is 2.76. The zero-order valence-electron chi connectivity index (χ0n) is 11.4. The molecule has 0 spiro atoms. The molecular weight excluding hydrogens is 249 g/mol. The lowest BCUT2D eigenvalue weighted by Gasteiger charge is -2.18. The van der Waals surface area contributed by atoms with Crippen LogP contribution in [0, 0.1) is 11.7 Å². The first-order valence-electron chi connectivity index (χ1n) is 6.22. The van der Waals surface area contributed by atoms with Gasteiger partial charge in [0.05, 0.1) is 7.11 Å². The number of phenolic OH excluding ortho intramolecular Hbond substituents is 1. The molecule has 1 rings (SSSR count). The smallest absolute Gasteiger partial charge is 0.322 e. The predicted molar refractivity (Wildman–Crippen MR) is 70.2 cm³/mol. The number of hydrogen-bond donors (Lipinski definition) is 2. The molecule has 106 valence electrons. The Kier molecular flexibility index (Phi) is 5.76. The maximum Gasteiger partial charge on any atom is 0.322 e. The molecule has 1 atom stereocenters. The van der Waals surface area contributed by atoms with Gasteiger partial charge in [-0.1, -0.05) is 19.9 Å². The molecule has 0 radical (unpaired) electrons. The molecule has 5 heteroatoms. The van der Waals surface area contributed by atoms with Crippen LogP contribution in [0.15, 0.2) is 18.2 Å². The molecule has 0 saturated heterocycles. The molecule has 1 aromatic carbocycles. The van der Waals surface area contributed by atoms with Crippen molar-refractivity contribution in [2.45, 2.75) is 32.9 Å². The number of phenols is 1. The van der Waals surface area contributed by atoms with E-state index in [1.807, 2.05) is 13.8 Å². The number of aromatic hydroxyl groups is 1. The lowest BCUT2D eigenvalue weighted by molar-refractivity contribution is -0.143. The molecule has 0 aliphatic carbocycles. The second-order valence-electron chi connectivity index (χ2n) is 4.87. The molecule has 0 heterocycles. The van der Waals surface area contributed by atoms with Gasteiger partial charge in [-0.15, -0.1) is 0 Å². The molecule has 4 nitrogen and oxygen atoms in total. The predicted octanol–water partition coefficient (Wildman–Crippen LogP) is 2.21. The van der Waals surface area contributed by atoms with Gasteiger partial charge in [-0.3, -0.25) is 4.79 Å². The highest BCUT2D eigenvalue weighted by atomic mass is 19.1.